The average Bonchev–Trinajstić information content (AvgIpc) is 3.17. The first-order valence-electron chi connectivity index (χ1n) is 8.60. The zero-order valence-electron chi connectivity index (χ0n) is 14.8. The number of anilines is 1. The van der Waals surface area contributed by atoms with Crippen LogP contribution >= 0.6 is 11.3 Å². The number of hydrogen-bond acceptors (Lipinski definition) is 5. The molecule has 2 heterocycles. The number of ether oxygens (including phenoxy) is 2. The fourth-order valence-corrected chi connectivity index (χ4v) is 3.50. The Labute approximate surface area is 161 Å². The van der Waals surface area contributed by atoms with Gasteiger partial charge in [0.2, 0.25) is 0 Å². The summed E-state index contributed by atoms with van der Waals surface area (Å²) in [7, 11) is 1.75. The van der Waals surface area contributed by atoms with E-state index in [2.05, 4.69) is 10.3 Å². The van der Waals surface area contributed by atoms with E-state index in [1.807, 2.05) is 53.9 Å². The summed E-state index contributed by atoms with van der Waals surface area (Å²) >= 11 is 1.41. The van der Waals surface area contributed by atoms with Gasteiger partial charge in [0.05, 0.1) is 5.69 Å². The number of benzene rings is 2. The minimum Gasteiger partial charge on any atom is -0.486 e. The minimum absolute atomic E-state index is 0.209. The van der Waals surface area contributed by atoms with Crippen molar-refractivity contribution in [2.75, 3.05) is 25.6 Å². The number of thiazole rings is 1. The van der Waals surface area contributed by atoms with Crippen molar-refractivity contribution in [1.29, 1.82) is 0 Å². The van der Waals surface area contributed by atoms with Crippen LogP contribution in [0.4, 0.5) is 9.93 Å². The molecule has 4 rings (SSSR count). The molecule has 0 saturated carbocycles. The lowest BCUT2D eigenvalue weighted by Gasteiger charge is -2.21. The summed E-state index contributed by atoms with van der Waals surface area (Å²) < 4.78 is 11.1. The lowest BCUT2D eigenvalue weighted by atomic mass is 10.2. The van der Waals surface area contributed by atoms with Crippen LogP contribution in [0.5, 0.6) is 11.5 Å². The normalized spacial score (nSPS) is 12.5. The highest BCUT2D eigenvalue weighted by atomic mass is 32.1. The molecule has 0 bridgehead atoms. The van der Waals surface area contributed by atoms with Crippen LogP contribution in [0.3, 0.4) is 0 Å². The van der Waals surface area contributed by atoms with Crippen molar-refractivity contribution in [3.63, 3.8) is 0 Å². The Balaban J connectivity index is 1.39. The fraction of sp³-hybridized carbons (Fsp3) is 0.200. The summed E-state index contributed by atoms with van der Waals surface area (Å²) in [6, 6.07) is 15.4. The van der Waals surface area contributed by atoms with Crippen molar-refractivity contribution < 1.29 is 14.3 Å². The summed E-state index contributed by atoms with van der Waals surface area (Å²) in [5.41, 5.74) is 2.85. The van der Waals surface area contributed by atoms with Crippen molar-refractivity contribution in [1.82, 2.24) is 9.88 Å². The number of amides is 2. The summed E-state index contributed by atoms with van der Waals surface area (Å²) in [5, 5.41) is 5.37. The Morgan fingerprint density at radius 3 is 2.74 bits per heavy atom. The molecule has 0 saturated heterocycles. The second-order valence-corrected chi connectivity index (χ2v) is 7.03. The van der Waals surface area contributed by atoms with E-state index in [0.717, 1.165) is 28.3 Å². The largest absolute Gasteiger partial charge is 0.486 e. The van der Waals surface area contributed by atoms with Gasteiger partial charge in [-0.15, -0.1) is 11.3 Å². The van der Waals surface area contributed by atoms with Gasteiger partial charge in [-0.3, -0.25) is 5.32 Å². The summed E-state index contributed by atoms with van der Waals surface area (Å²) in [6.07, 6.45) is 0. The van der Waals surface area contributed by atoms with Crippen molar-refractivity contribution >= 4 is 22.5 Å². The standard InChI is InChI=1S/C20H19N3O3S/c1-23(12-14-7-8-17-18(11-14)26-10-9-25-17)20(24)22-19-21-16(13-27-19)15-5-3-2-4-6-15/h2-8,11,13H,9-10,12H2,1H3,(H,21,22,24). The highest BCUT2D eigenvalue weighted by Crippen LogP contribution is 2.31. The Hall–Kier alpha value is -3.06. The Kier molecular flexibility index (Phi) is 4.93. The van der Waals surface area contributed by atoms with Crippen molar-refractivity contribution in [3.8, 4) is 22.8 Å². The average molecular weight is 381 g/mol. The van der Waals surface area contributed by atoms with Gasteiger partial charge in [-0.1, -0.05) is 36.4 Å². The smallest absolute Gasteiger partial charge is 0.323 e. The molecule has 138 valence electrons. The van der Waals surface area contributed by atoms with E-state index in [0.29, 0.717) is 24.9 Å². The number of carbonyl (C=O) groups is 1. The van der Waals surface area contributed by atoms with Crippen LogP contribution in [0.2, 0.25) is 0 Å². The molecule has 0 spiro atoms. The first-order chi connectivity index (χ1) is 13.2. The van der Waals surface area contributed by atoms with Gasteiger partial charge in [-0.25, -0.2) is 9.78 Å². The molecule has 0 unspecified atom stereocenters. The zero-order valence-corrected chi connectivity index (χ0v) is 15.7. The molecule has 0 aliphatic carbocycles. The summed E-state index contributed by atoms with van der Waals surface area (Å²) in [4.78, 5) is 18.6. The second kappa shape index (κ2) is 7.67. The third-order valence-corrected chi connectivity index (χ3v) is 4.92. The van der Waals surface area contributed by atoms with Crippen LogP contribution in [0.1, 0.15) is 5.56 Å². The third-order valence-electron chi connectivity index (χ3n) is 4.16. The second-order valence-electron chi connectivity index (χ2n) is 6.17. The van der Waals surface area contributed by atoms with E-state index in [9.17, 15) is 4.79 Å². The topological polar surface area (TPSA) is 63.7 Å². The van der Waals surface area contributed by atoms with Crippen LogP contribution < -0.4 is 14.8 Å². The van der Waals surface area contributed by atoms with Crippen LogP contribution in [0, 0.1) is 0 Å². The first-order valence-corrected chi connectivity index (χ1v) is 9.48. The van der Waals surface area contributed by atoms with E-state index < -0.39 is 0 Å². The molecule has 6 nitrogen and oxygen atoms in total. The Bertz CT molecular complexity index is 943. The van der Waals surface area contributed by atoms with Crippen LogP contribution in [-0.2, 0) is 6.54 Å². The number of aromatic nitrogens is 1. The van der Waals surface area contributed by atoms with Crippen LogP contribution in [0.15, 0.2) is 53.9 Å². The van der Waals surface area contributed by atoms with Crippen molar-refractivity contribution in [2.45, 2.75) is 6.54 Å². The molecule has 1 aliphatic rings. The molecule has 3 aromatic rings. The SMILES string of the molecule is CN(Cc1ccc2c(c1)OCCO2)C(=O)Nc1nc(-c2ccccc2)cs1. The van der Waals surface area contributed by atoms with Gasteiger partial charge in [0.1, 0.15) is 13.2 Å². The maximum Gasteiger partial charge on any atom is 0.323 e. The number of hydrogen-bond donors (Lipinski definition) is 1. The summed E-state index contributed by atoms with van der Waals surface area (Å²) in [5.74, 6) is 1.47. The molecule has 0 radical (unpaired) electrons. The Morgan fingerprint density at radius 1 is 1.15 bits per heavy atom. The molecule has 2 aromatic carbocycles. The predicted octanol–water partition coefficient (Wildman–Crippen LogP) is 4.25. The fourth-order valence-electron chi connectivity index (χ4n) is 2.79. The molecular formula is C20H19N3O3S. The van der Waals surface area contributed by atoms with Crippen LogP contribution in [0.25, 0.3) is 11.3 Å². The van der Waals surface area contributed by atoms with Crippen molar-refractivity contribution in [2.24, 2.45) is 0 Å². The number of rotatable bonds is 4. The van der Waals surface area contributed by atoms with Gasteiger partial charge < -0.3 is 14.4 Å². The number of nitrogens with zero attached hydrogens (tertiary/aromatic N) is 2. The summed E-state index contributed by atoms with van der Waals surface area (Å²) in [6.45, 7) is 1.56. The molecule has 2 amide bonds. The molecule has 1 N–H and O–H groups in total. The van der Waals surface area contributed by atoms with E-state index in [1.54, 1.807) is 11.9 Å². The lowest BCUT2D eigenvalue weighted by molar-refractivity contribution is 0.171. The quantitative estimate of drug-likeness (QED) is 0.734. The van der Waals surface area contributed by atoms with Gasteiger partial charge >= 0.3 is 6.03 Å². The van der Waals surface area contributed by atoms with Crippen LogP contribution in [-0.4, -0.2) is 36.2 Å². The molecule has 0 atom stereocenters. The maximum atomic E-state index is 12.5. The van der Waals surface area contributed by atoms with Gasteiger partial charge in [0, 0.05) is 24.5 Å². The number of carbonyl (C=O) groups excluding carboxylic acids is 1. The monoisotopic (exact) mass is 381 g/mol. The lowest BCUT2D eigenvalue weighted by Crippen LogP contribution is -2.30. The zero-order chi connectivity index (χ0) is 18.6. The maximum absolute atomic E-state index is 12.5. The molecule has 27 heavy (non-hydrogen) atoms. The van der Waals surface area contributed by atoms with Gasteiger partial charge in [-0.2, -0.15) is 0 Å². The number of nitrogens with one attached hydrogen (secondary N) is 1. The highest BCUT2D eigenvalue weighted by Gasteiger charge is 2.15. The minimum atomic E-state index is -0.209. The Morgan fingerprint density at radius 2 is 1.93 bits per heavy atom. The van der Waals surface area contributed by atoms with E-state index in [1.165, 1.54) is 11.3 Å². The third kappa shape index (κ3) is 4.03. The van der Waals surface area contributed by atoms with E-state index >= 15 is 0 Å². The van der Waals surface area contributed by atoms with E-state index in [-0.39, 0.29) is 6.03 Å². The van der Waals surface area contributed by atoms with E-state index in [4.69, 9.17) is 9.47 Å². The van der Waals surface area contributed by atoms with Gasteiger partial charge in [0.25, 0.3) is 0 Å². The van der Waals surface area contributed by atoms with Crippen molar-refractivity contribution in [3.05, 3.63) is 59.5 Å². The number of urea groups is 1. The molecular weight excluding hydrogens is 362 g/mol. The number of fused-ring (bicyclic) bond motifs is 1. The molecule has 1 aromatic heterocycles. The first kappa shape index (κ1) is 17.4. The molecule has 0 fully saturated rings. The van der Waals surface area contributed by atoms with Gasteiger partial charge in [-0.05, 0) is 17.7 Å². The molecule has 7 heteroatoms. The predicted molar refractivity (Wildman–Crippen MR) is 105 cm³/mol. The highest BCUT2D eigenvalue weighted by molar-refractivity contribution is 7.14. The van der Waals surface area contributed by atoms with Gasteiger partial charge in [0.15, 0.2) is 16.6 Å². The molecule has 1 aliphatic heterocycles.